The zero-order valence-electron chi connectivity index (χ0n) is 10.5. The fourth-order valence-corrected chi connectivity index (χ4v) is 1.49. The standard InChI is InChI=1S/C12H18N2O4/c1-8(15)14-4-3-11(16)12(17)9-5-10(18-2)7-13-6-9/h5-7,11-12,16-17H,3-4H2,1-2H3,(H,14,15). The molecule has 2 atom stereocenters. The summed E-state index contributed by atoms with van der Waals surface area (Å²) in [4.78, 5) is 14.6. The van der Waals surface area contributed by atoms with Crippen LogP contribution < -0.4 is 10.1 Å². The van der Waals surface area contributed by atoms with Crippen molar-refractivity contribution in [3.8, 4) is 5.75 Å². The Morgan fingerprint density at radius 3 is 2.83 bits per heavy atom. The van der Waals surface area contributed by atoms with E-state index in [1.54, 1.807) is 6.07 Å². The third-order valence-corrected chi connectivity index (χ3v) is 2.49. The van der Waals surface area contributed by atoms with Crippen LogP contribution in [0.4, 0.5) is 0 Å². The Kier molecular flexibility index (Phi) is 5.54. The quantitative estimate of drug-likeness (QED) is 0.665. The Bertz CT molecular complexity index is 397. The molecule has 0 fully saturated rings. The molecule has 3 N–H and O–H groups in total. The van der Waals surface area contributed by atoms with Gasteiger partial charge in [0.25, 0.3) is 0 Å². The van der Waals surface area contributed by atoms with Crippen molar-refractivity contribution in [2.24, 2.45) is 0 Å². The summed E-state index contributed by atoms with van der Waals surface area (Å²) in [5.41, 5.74) is 0.477. The first-order valence-electron chi connectivity index (χ1n) is 5.64. The minimum absolute atomic E-state index is 0.167. The summed E-state index contributed by atoms with van der Waals surface area (Å²) < 4.78 is 4.99. The van der Waals surface area contributed by atoms with Crippen LogP contribution in [0.1, 0.15) is 25.0 Å². The summed E-state index contributed by atoms with van der Waals surface area (Å²) in [5, 5.41) is 22.2. The van der Waals surface area contributed by atoms with Crippen molar-refractivity contribution in [1.82, 2.24) is 10.3 Å². The topological polar surface area (TPSA) is 91.7 Å². The number of nitrogens with one attached hydrogen (secondary N) is 1. The second kappa shape index (κ2) is 6.93. The Morgan fingerprint density at radius 1 is 1.50 bits per heavy atom. The molecule has 0 radical (unpaired) electrons. The molecule has 6 nitrogen and oxygen atoms in total. The number of ether oxygens (including phenoxy) is 1. The van der Waals surface area contributed by atoms with Crippen molar-refractivity contribution in [2.45, 2.75) is 25.6 Å². The van der Waals surface area contributed by atoms with Gasteiger partial charge in [-0.3, -0.25) is 9.78 Å². The number of hydrogen-bond acceptors (Lipinski definition) is 5. The molecule has 6 heteroatoms. The van der Waals surface area contributed by atoms with Gasteiger partial charge in [0.2, 0.25) is 5.91 Å². The van der Waals surface area contributed by atoms with Gasteiger partial charge >= 0.3 is 0 Å². The van der Waals surface area contributed by atoms with Crippen molar-refractivity contribution >= 4 is 5.91 Å². The molecule has 0 aliphatic carbocycles. The normalized spacial score (nSPS) is 13.8. The molecule has 1 aromatic heterocycles. The molecule has 0 saturated carbocycles. The summed E-state index contributed by atoms with van der Waals surface area (Å²) in [5.74, 6) is 0.348. The van der Waals surface area contributed by atoms with Gasteiger partial charge in [0, 0.05) is 25.2 Å². The molecule has 1 heterocycles. The summed E-state index contributed by atoms with van der Waals surface area (Å²) in [7, 11) is 1.50. The first-order valence-corrected chi connectivity index (χ1v) is 5.64. The van der Waals surface area contributed by atoms with Crippen LogP contribution in [0, 0.1) is 0 Å². The lowest BCUT2D eigenvalue weighted by atomic mass is 10.0. The van der Waals surface area contributed by atoms with Crippen LogP contribution in [-0.2, 0) is 4.79 Å². The van der Waals surface area contributed by atoms with Gasteiger partial charge < -0.3 is 20.3 Å². The molecule has 2 unspecified atom stereocenters. The lowest BCUT2D eigenvalue weighted by Gasteiger charge is -2.18. The Hall–Kier alpha value is -1.66. The van der Waals surface area contributed by atoms with E-state index in [2.05, 4.69) is 10.3 Å². The molecule has 0 aliphatic heterocycles. The van der Waals surface area contributed by atoms with Crippen LogP contribution in [0.5, 0.6) is 5.75 Å². The second-order valence-corrected chi connectivity index (χ2v) is 3.94. The van der Waals surface area contributed by atoms with Crippen LogP contribution in [-0.4, -0.2) is 40.9 Å². The molecule has 0 spiro atoms. The predicted molar refractivity (Wildman–Crippen MR) is 65.1 cm³/mol. The summed E-state index contributed by atoms with van der Waals surface area (Å²) in [6, 6.07) is 1.61. The smallest absolute Gasteiger partial charge is 0.216 e. The van der Waals surface area contributed by atoms with Crippen LogP contribution in [0.3, 0.4) is 0 Å². The number of carbonyl (C=O) groups is 1. The maximum absolute atomic E-state index is 10.7. The monoisotopic (exact) mass is 254 g/mol. The number of aromatic nitrogens is 1. The van der Waals surface area contributed by atoms with Crippen molar-refractivity contribution < 1.29 is 19.7 Å². The largest absolute Gasteiger partial charge is 0.495 e. The number of aliphatic hydroxyl groups excluding tert-OH is 2. The molecule has 0 aromatic carbocycles. The highest BCUT2D eigenvalue weighted by Gasteiger charge is 2.19. The molecule has 100 valence electrons. The van der Waals surface area contributed by atoms with Gasteiger partial charge in [-0.25, -0.2) is 0 Å². The van der Waals surface area contributed by atoms with Gasteiger partial charge in [-0.1, -0.05) is 0 Å². The second-order valence-electron chi connectivity index (χ2n) is 3.94. The lowest BCUT2D eigenvalue weighted by Crippen LogP contribution is -2.27. The Balaban J connectivity index is 2.56. The number of hydrogen-bond donors (Lipinski definition) is 3. The molecule has 1 amide bonds. The average Bonchev–Trinajstić information content (AvgIpc) is 2.37. The van der Waals surface area contributed by atoms with Crippen molar-refractivity contribution in [2.75, 3.05) is 13.7 Å². The van der Waals surface area contributed by atoms with E-state index in [0.29, 0.717) is 17.9 Å². The molecular formula is C12H18N2O4. The number of methoxy groups -OCH3 is 1. The number of amides is 1. The molecule has 1 rings (SSSR count). The van der Waals surface area contributed by atoms with E-state index in [0.717, 1.165) is 0 Å². The maximum Gasteiger partial charge on any atom is 0.216 e. The summed E-state index contributed by atoms with van der Waals surface area (Å²) in [6.45, 7) is 1.71. The fourth-order valence-electron chi connectivity index (χ4n) is 1.49. The Morgan fingerprint density at radius 2 is 2.22 bits per heavy atom. The molecular weight excluding hydrogens is 236 g/mol. The molecule has 0 aliphatic rings. The number of pyridine rings is 1. The predicted octanol–water partition coefficient (Wildman–Crippen LogP) is 0.0107. The van der Waals surface area contributed by atoms with Crippen LogP contribution in [0.15, 0.2) is 18.5 Å². The minimum Gasteiger partial charge on any atom is -0.495 e. The summed E-state index contributed by atoms with van der Waals surface area (Å²) in [6.07, 6.45) is 1.22. The van der Waals surface area contributed by atoms with E-state index in [1.165, 1.54) is 26.4 Å². The van der Waals surface area contributed by atoms with Crippen molar-refractivity contribution in [3.63, 3.8) is 0 Å². The van der Waals surface area contributed by atoms with Crippen LogP contribution in [0.25, 0.3) is 0 Å². The van der Waals surface area contributed by atoms with E-state index in [4.69, 9.17) is 4.74 Å². The average molecular weight is 254 g/mol. The van der Waals surface area contributed by atoms with Gasteiger partial charge in [-0.05, 0) is 12.5 Å². The van der Waals surface area contributed by atoms with Gasteiger partial charge in [-0.15, -0.1) is 0 Å². The van der Waals surface area contributed by atoms with Gasteiger partial charge in [0.05, 0.1) is 19.4 Å². The van der Waals surface area contributed by atoms with E-state index < -0.39 is 12.2 Å². The first-order chi connectivity index (χ1) is 8.54. The lowest BCUT2D eigenvalue weighted by molar-refractivity contribution is -0.119. The number of carbonyl (C=O) groups excluding carboxylic acids is 1. The molecule has 0 saturated heterocycles. The molecule has 1 aromatic rings. The molecule has 0 bridgehead atoms. The SMILES string of the molecule is COc1cncc(C(O)C(O)CCNC(C)=O)c1. The third-order valence-electron chi connectivity index (χ3n) is 2.49. The van der Waals surface area contributed by atoms with Gasteiger partial charge in [0.15, 0.2) is 0 Å². The summed E-state index contributed by atoms with van der Waals surface area (Å²) >= 11 is 0. The zero-order chi connectivity index (χ0) is 13.5. The van der Waals surface area contributed by atoms with E-state index in [9.17, 15) is 15.0 Å². The first kappa shape index (κ1) is 14.4. The number of rotatable bonds is 6. The highest BCUT2D eigenvalue weighted by atomic mass is 16.5. The van der Waals surface area contributed by atoms with Gasteiger partial charge in [-0.2, -0.15) is 0 Å². The van der Waals surface area contributed by atoms with Crippen molar-refractivity contribution in [1.29, 1.82) is 0 Å². The fraction of sp³-hybridized carbons (Fsp3) is 0.500. The van der Waals surface area contributed by atoms with Gasteiger partial charge in [0.1, 0.15) is 11.9 Å². The minimum atomic E-state index is -1.05. The van der Waals surface area contributed by atoms with Crippen LogP contribution in [0.2, 0.25) is 0 Å². The van der Waals surface area contributed by atoms with E-state index in [1.807, 2.05) is 0 Å². The van der Waals surface area contributed by atoms with Crippen molar-refractivity contribution in [3.05, 3.63) is 24.0 Å². The van der Waals surface area contributed by atoms with Crippen LogP contribution >= 0.6 is 0 Å². The maximum atomic E-state index is 10.7. The third kappa shape index (κ3) is 4.31. The number of aliphatic hydroxyl groups is 2. The van der Waals surface area contributed by atoms with E-state index >= 15 is 0 Å². The Labute approximate surface area is 106 Å². The highest BCUT2D eigenvalue weighted by Crippen LogP contribution is 2.21. The zero-order valence-corrected chi connectivity index (χ0v) is 10.5. The molecule has 18 heavy (non-hydrogen) atoms. The highest BCUT2D eigenvalue weighted by molar-refractivity contribution is 5.72. The van der Waals surface area contributed by atoms with E-state index in [-0.39, 0.29) is 12.3 Å². The number of nitrogens with zero attached hydrogens (tertiary/aromatic N) is 1.